The summed E-state index contributed by atoms with van der Waals surface area (Å²) in [4.78, 5) is 18.1. The second-order valence-corrected chi connectivity index (χ2v) is 8.90. The van der Waals surface area contributed by atoms with Crippen LogP contribution in [-0.2, 0) is 21.2 Å². The summed E-state index contributed by atoms with van der Waals surface area (Å²) in [5, 5.41) is 2.69. The Labute approximate surface area is 158 Å². The average molecular weight is 386 g/mol. The number of aromatic nitrogens is 1. The van der Waals surface area contributed by atoms with Gasteiger partial charge in [-0.2, -0.15) is 0 Å². The van der Waals surface area contributed by atoms with Gasteiger partial charge in [0.15, 0.2) is 0 Å². The molecule has 1 aromatic heterocycles. The van der Waals surface area contributed by atoms with Gasteiger partial charge in [-0.05, 0) is 54.7 Å². The lowest BCUT2D eigenvalue weighted by atomic mass is 9.99. The number of carbonyl (C=O) groups excluding carboxylic acids is 1. The summed E-state index contributed by atoms with van der Waals surface area (Å²) in [6.45, 7) is 4.25. The van der Waals surface area contributed by atoms with Gasteiger partial charge < -0.3 is 10.2 Å². The summed E-state index contributed by atoms with van der Waals surface area (Å²) in [6, 6.07) is 8.20. The number of nitrogens with zero attached hydrogens (tertiary/aromatic N) is 2. The molecule has 0 unspecified atom stereocenters. The van der Waals surface area contributed by atoms with Crippen molar-refractivity contribution in [2.45, 2.75) is 31.1 Å². The minimum atomic E-state index is -3.76. The van der Waals surface area contributed by atoms with Crippen molar-refractivity contribution in [2.24, 2.45) is 5.92 Å². The van der Waals surface area contributed by atoms with E-state index in [9.17, 15) is 13.2 Å². The number of nitrogens with one attached hydrogen (secondary N) is 2. The number of anilines is 3. The van der Waals surface area contributed by atoms with Crippen LogP contribution in [0, 0.1) is 5.92 Å². The van der Waals surface area contributed by atoms with Crippen molar-refractivity contribution in [1.29, 1.82) is 0 Å². The average Bonchev–Trinajstić information content (AvgIpc) is 3.02. The van der Waals surface area contributed by atoms with Gasteiger partial charge >= 0.3 is 0 Å². The van der Waals surface area contributed by atoms with Crippen molar-refractivity contribution in [3.05, 3.63) is 42.1 Å². The SMILES string of the molecule is CC1CCN(c2ccc(NS(=O)(=O)c3ccc4c(c3)CC(=O)N4)nc2)CC1. The van der Waals surface area contributed by atoms with Gasteiger partial charge in [-0.15, -0.1) is 0 Å². The highest BCUT2D eigenvalue weighted by Crippen LogP contribution is 2.27. The molecule has 0 aliphatic carbocycles. The number of hydrogen-bond donors (Lipinski definition) is 2. The minimum Gasteiger partial charge on any atom is -0.370 e. The molecule has 0 saturated carbocycles. The normalized spacial score (nSPS) is 17.5. The lowest BCUT2D eigenvalue weighted by Gasteiger charge is -2.31. The van der Waals surface area contributed by atoms with Crippen molar-refractivity contribution in [3.63, 3.8) is 0 Å². The highest BCUT2D eigenvalue weighted by molar-refractivity contribution is 7.92. The predicted octanol–water partition coefficient (Wildman–Crippen LogP) is 2.61. The van der Waals surface area contributed by atoms with E-state index in [4.69, 9.17) is 0 Å². The largest absolute Gasteiger partial charge is 0.370 e. The number of amides is 1. The Bertz CT molecular complexity index is 965. The van der Waals surface area contributed by atoms with Gasteiger partial charge in [-0.1, -0.05) is 6.92 Å². The number of rotatable bonds is 4. The van der Waals surface area contributed by atoms with E-state index in [0.29, 0.717) is 11.3 Å². The molecule has 1 amide bonds. The molecule has 1 saturated heterocycles. The summed E-state index contributed by atoms with van der Waals surface area (Å²) in [6.07, 6.45) is 4.22. The van der Waals surface area contributed by atoms with Gasteiger partial charge in [0.1, 0.15) is 5.82 Å². The number of piperidine rings is 1. The molecule has 2 aliphatic rings. The Morgan fingerprint density at radius 3 is 2.67 bits per heavy atom. The smallest absolute Gasteiger partial charge is 0.263 e. The third-order valence-electron chi connectivity index (χ3n) is 5.15. The van der Waals surface area contributed by atoms with Crippen LogP contribution in [0.15, 0.2) is 41.4 Å². The van der Waals surface area contributed by atoms with Gasteiger partial charge in [0, 0.05) is 18.8 Å². The van der Waals surface area contributed by atoms with Gasteiger partial charge in [0.05, 0.1) is 23.2 Å². The first-order valence-electron chi connectivity index (χ1n) is 9.07. The van der Waals surface area contributed by atoms with Crippen LogP contribution in [0.3, 0.4) is 0 Å². The Balaban J connectivity index is 1.48. The van der Waals surface area contributed by atoms with Gasteiger partial charge in [-0.3, -0.25) is 9.52 Å². The van der Waals surface area contributed by atoms with Crippen LogP contribution in [0.4, 0.5) is 17.2 Å². The first kappa shape index (κ1) is 17.8. The number of fused-ring (bicyclic) bond motifs is 1. The van der Waals surface area contributed by atoms with Crippen LogP contribution in [-0.4, -0.2) is 32.4 Å². The summed E-state index contributed by atoms with van der Waals surface area (Å²) in [7, 11) is -3.76. The van der Waals surface area contributed by atoms with Gasteiger partial charge in [0.2, 0.25) is 5.91 Å². The molecule has 4 rings (SSSR count). The molecular weight excluding hydrogens is 364 g/mol. The number of carbonyl (C=O) groups is 1. The molecule has 3 heterocycles. The number of hydrogen-bond acceptors (Lipinski definition) is 5. The molecule has 142 valence electrons. The summed E-state index contributed by atoms with van der Waals surface area (Å²) in [5.74, 6) is 0.897. The molecule has 1 fully saturated rings. The van der Waals surface area contributed by atoms with E-state index >= 15 is 0 Å². The molecule has 0 bridgehead atoms. The van der Waals surface area contributed by atoms with Crippen molar-refractivity contribution >= 4 is 33.1 Å². The van der Waals surface area contributed by atoms with Gasteiger partial charge in [-0.25, -0.2) is 13.4 Å². The van der Waals surface area contributed by atoms with Crippen molar-refractivity contribution in [3.8, 4) is 0 Å². The fraction of sp³-hybridized carbons (Fsp3) is 0.368. The van der Waals surface area contributed by atoms with Crippen molar-refractivity contribution in [2.75, 3.05) is 28.0 Å². The standard InChI is InChI=1S/C19H22N4O3S/c1-13-6-8-23(9-7-13)15-2-5-18(20-12-15)22-27(25,26)16-3-4-17-14(10-16)11-19(24)21-17/h2-5,10,12-13H,6-9,11H2,1H3,(H,20,22)(H,21,24). The van der Waals surface area contributed by atoms with E-state index in [1.807, 2.05) is 6.07 Å². The molecule has 2 aromatic rings. The van der Waals surface area contributed by atoms with E-state index in [0.717, 1.165) is 37.5 Å². The van der Waals surface area contributed by atoms with E-state index in [-0.39, 0.29) is 23.0 Å². The lowest BCUT2D eigenvalue weighted by molar-refractivity contribution is -0.115. The number of pyridine rings is 1. The zero-order valence-corrected chi connectivity index (χ0v) is 15.9. The monoisotopic (exact) mass is 386 g/mol. The third-order valence-corrected chi connectivity index (χ3v) is 6.50. The third kappa shape index (κ3) is 3.75. The van der Waals surface area contributed by atoms with Crippen molar-refractivity contribution in [1.82, 2.24) is 4.98 Å². The summed E-state index contributed by atoms with van der Waals surface area (Å²) >= 11 is 0. The van der Waals surface area contributed by atoms with E-state index in [1.165, 1.54) is 12.1 Å². The molecule has 0 atom stereocenters. The van der Waals surface area contributed by atoms with Gasteiger partial charge in [0.25, 0.3) is 10.0 Å². The molecule has 0 spiro atoms. The maximum atomic E-state index is 12.6. The predicted molar refractivity (Wildman–Crippen MR) is 104 cm³/mol. The first-order valence-corrected chi connectivity index (χ1v) is 10.6. The van der Waals surface area contributed by atoms with Crippen LogP contribution in [0.2, 0.25) is 0 Å². The molecule has 2 N–H and O–H groups in total. The van der Waals surface area contributed by atoms with E-state index in [2.05, 4.69) is 26.8 Å². The molecule has 2 aliphatic heterocycles. The lowest BCUT2D eigenvalue weighted by Crippen LogP contribution is -2.32. The molecule has 7 nitrogen and oxygen atoms in total. The topological polar surface area (TPSA) is 91.4 Å². The zero-order chi connectivity index (χ0) is 19.0. The van der Waals surface area contributed by atoms with E-state index in [1.54, 1.807) is 18.3 Å². The Morgan fingerprint density at radius 1 is 1.19 bits per heavy atom. The van der Waals surface area contributed by atoms with E-state index < -0.39 is 10.0 Å². The summed E-state index contributed by atoms with van der Waals surface area (Å²) in [5.41, 5.74) is 2.36. The quantitative estimate of drug-likeness (QED) is 0.843. The second-order valence-electron chi connectivity index (χ2n) is 7.22. The fourth-order valence-corrected chi connectivity index (χ4v) is 4.53. The maximum Gasteiger partial charge on any atom is 0.263 e. The minimum absolute atomic E-state index is 0.119. The Hall–Kier alpha value is -2.61. The molecular formula is C19H22N4O3S. The molecule has 27 heavy (non-hydrogen) atoms. The zero-order valence-electron chi connectivity index (χ0n) is 15.1. The summed E-state index contributed by atoms with van der Waals surface area (Å²) < 4.78 is 27.8. The van der Waals surface area contributed by atoms with Crippen molar-refractivity contribution < 1.29 is 13.2 Å². The number of benzene rings is 1. The van der Waals surface area contributed by atoms with Crippen LogP contribution >= 0.6 is 0 Å². The van der Waals surface area contributed by atoms with Crippen LogP contribution < -0.4 is 14.9 Å². The molecule has 8 heteroatoms. The Kier molecular flexibility index (Phi) is 4.51. The second kappa shape index (κ2) is 6.84. The molecule has 0 radical (unpaired) electrons. The first-order chi connectivity index (χ1) is 12.9. The number of sulfonamides is 1. The fourth-order valence-electron chi connectivity index (χ4n) is 3.47. The van der Waals surface area contributed by atoms with Crippen LogP contribution in [0.1, 0.15) is 25.3 Å². The highest BCUT2D eigenvalue weighted by atomic mass is 32.2. The molecule has 1 aromatic carbocycles. The van der Waals surface area contributed by atoms with Crippen LogP contribution in [0.25, 0.3) is 0 Å². The Morgan fingerprint density at radius 2 is 1.96 bits per heavy atom. The van der Waals surface area contributed by atoms with Crippen LogP contribution in [0.5, 0.6) is 0 Å². The highest BCUT2D eigenvalue weighted by Gasteiger charge is 2.22. The maximum absolute atomic E-state index is 12.6.